The number of methoxy groups -OCH3 is 1. The summed E-state index contributed by atoms with van der Waals surface area (Å²) in [5.74, 6) is 2.67. The fourth-order valence-electron chi connectivity index (χ4n) is 2.28. The highest BCUT2D eigenvalue weighted by molar-refractivity contribution is 7.80. The third-order valence-corrected chi connectivity index (χ3v) is 3.81. The summed E-state index contributed by atoms with van der Waals surface area (Å²) in [6, 6.07) is 1.87. The van der Waals surface area contributed by atoms with Gasteiger partial charge >= 0.3 is 0 Å². The number of rotatable bonds is 4. The third-order valence-electron chi connectivity index (χ3n) is 3.57. The predicted molar refractivity (Wildman–Crippen MR) is 89.1 cm³/mol. The normalized spacial score (nSPS) is 15.7. The molecule has 0 radical (unpaired) electrons. The molecule has 0 aliphatic carbocycles. The molecule has 2 N–H and O–H groups in total. The zero-order valence-corrected chi connectivity index (χ0v) is 13.7. The Morgan fingerprint density at radius 2 is 2.14 bits per heavy atom. The van der Waals surface area contributed by atoms with Crippen LogP contribution in [0.1, 0.15) is 26.7 Å². The van der Waals surface area contributed by atoms with Crippen LogP contribution in [0.3, 0.4) is 0 Å². The van der Waals surface area contributed by atoms with Crippen molar-refractivity contribution in [2.24, 2.45) is 5.92 Å². The van der Waals surface area contributed by atoms with E-state index in [1.807, 2.05) is 13.0 Å². The quantitative estimate of drug-likeness (QED) is 0.825. The van der Waals surface area contributed by atoms with E-state index in [4.69, 9.17) is 17.0 Å². The van der Waals surface area contributed by atoms with Crippen LogP contribution >= 0.6 is 12.2 Å². The fourth-order valence-corrected chi connectivity index (χ4v) is 2.51. The van der Waals surface area contributed by atoms with Crippen molar-refractivity contribution in [3.8, 4) is 5.88 Å². The predicted octanol–water partition coefficient (Wildman–Crippen LogP) is 2.03. The maximum absolute atomic E-state index is 5.27. The molecule has 1 aliphatic rings. The minimum atomic E-state index is 0.467. The molecule has 0 bridgehead atoms. The molecule has 6 nitrogen and oxygen atoms in total. The van der Waals surface area contributed by atoms with Crippen LogP contribution in [-0.2, 0) is 0 Å². The van der Waals surface area contributed by atoms with Gasteiger partial charge in [-0.2, -0.15) is 9.97 Å². The van der Waals surface area contributed by atoms with Crippen molar-refractivity contribution in [3.05, 3.63) is 6.07 Å². The highest BCUT2D eigenvalue weighted by atomic mass is 32.1. The van der Waals surface area contributed by atoms with Gasteiger partial charge in [-0.15, -0.1) is 0 Å². The van der Waals surface area contributed by atoms with E-state index in [0.29, 0.717) is 16.9 Å². The molecule has 116 valence electrons. The van der Waals surface area contributed by atoms with Gasteiger partial charge in [-0.1, -0.05) is 6.92 Å². The van der Waals surface area contributed by atoms with Gasteiger partial charge in [0.2, 0.25) is 11.8 Å². The Morgan fingerprint density at radius 1 is 1.43 bits per heavy atom. The second-order valence-electron chi connectivity index (χ2n) is 5.25. The first-order valence-corrected chi connectivity index (χ1v) is 7.76. The van der Waals surface area contributed by atoms with Crippen molar-refractivity contribution >= 4 is 29.1 Å². The molecule has 21 heavy (non-hydrogen) atoms. The summed E-state index contributed by atoms with van der Waals surface area (Å²) in [5, 5.41) is 6.54. The maximum Gasteiger partial charge on any atom is 0.234 e. The minimum absolute atomic E-state index is 0.467. The number of ether oxygens (including phenoxy) is 1. The Hall–Kier alpha value is -1.63. The van der Waals surface area contributed by atoms with E-state index >= 15 is 0 Å². The summed E-state index contributed by atoms with van der Waals surface area (Å²) in [4.78, 5) is 11.1. The van der Waals surface area contributed by atoms with E-state index in [0.717, 1.165) is 31.4 Å². The summed E-state index contributed by atoms with van der Waals surface area (Å²) in [7, 11) is 1.61. The fraction of sp³-hybridized carbons (Fsp3) is 0.643. The summed E-state index contributed by atoms with van der Waals surface area (Å²) in [6.07, 6.45) is 2.37. The molecule has 1 saturated heterocycles. The molecule has 0 atom stereocenters. The van der Waals surface area contributed by atoms with Crippen LogP contribution in [0.25, 0.3) is 0 Å². The molecule has 0 aromatic carbocycles. The van der Waals surface area contributed by atoms with Crippen molar-refractivity contribution in [1.82, 2.24) is 15.3 Å². The third kappa shape index (κ3) is 4.42. The topological polar surface area (TPSA) is 62.3 Å². The van der Waals surface area contributed by atoms with Gasteiger partial charge in [0.15, 0.2) is 5.11 Å². The van der Waals surface area contributed by atoms with E-state index < -0.39 is 0 Å². The summed E-state index contributed by atoms with van der Waals surface area (Å²) >= 11 is 5.17. The number of hydrogen-bond donors (Lipinski definition) is 2. The molecule has 0 saturated carbocycles. The average Bonchev–Trinajstić information content (AvgIpc) is 2.47. The van der Waals surface area contributed by atoms with E-state index in [9.17, 15) is 0 Å². The Morgan fingerprint density at radius 3 is 2.76 bits per heavy atom. The maximum atomic E-state index is 5.27. The molecule has 2 heterocycles. The van der Waals surface area contributed by atoms with Crippen LogP contribution in [0.15, 0.2) is 6.07 Å². The number of aromatic nitrogens is 2. The molecule has 1 aliphatic heterocycles. The van der Waals surface area contributed by atoms with E-state index in [-0.39, 0.29) is 0 Å². The van der Waals surface area contributed by atoms with Crippen LogP contribution < -0.4 is 20.3 Å². The lowest BCUT2D eigenvalue weighted by molar-refractivity contribution is 0.396. The van der Waals surface area contributed by atoms with Crippen molar-refractivity contribution < 1.29 is 4.74 Å². The van der Waals surface area contributed by atoms with Gasteiger partial charge in [0.05, 0.1) is 7.11 Å². The molecule has 7 heteroatoms. The standard InChI is InChI=1S/C14H23N5OS/c1-4-15-14(21)18-13-16-11(9-12(17-13)20-3)19-7-5-10(2)6-8-19/h9-10H,4-8H2,1-3H3,(H2,15,16,17,18,21). The lowest BCUT2D eigenvalue weighted by Gasteiger charge is -2.31. The summed E-state index contributed by atoms with van der Waals surface area (Å²) in [6.45, 7) is 7.06. The van der Waals surface area contributed by atoms with Crippen molar-refractivity contribution in [2.45, 2.75) is 26.7 Å². The molecule has 0 amide bonds. The van der Waals surface area contributed by atoms with Crippen LogP contribution in [-0.4, -0.2) is 41.8 Å². The summed E-state index contributed by atoms with van der Waals surface area (Å²) < 4.78 is 5.27. The number of hydrogen-bond acceptors (Lipinski definition) is 5. The van der Waals surface area contributed by atoms with Gasteiger partial charge < -0.3 is 20.3 Å². The van der Waals surface area contributed by atoms with Crippen molar-refractivity contribution in [2.75, 3.05) is 37.0 Å². The smallest absolute Gasteiger partial charge is 0.234 e. The molecule has 1 fully saturated rings. The molecule has 0 unspecified atom stereocenters. The highest BCUT2D eigenvalue weighted by Crippen LogP contribution is 2.24. The highest BCUT2D eigenvalue weighted by Gasteiger charge is 2.18. The average molecular weight is 309 g/mol. The number of thiocarbonyl (C=S) groups is 1. The van der Waals surface area contributed by atoms with Gasteiger partial charge in [-0.3, -0.25) is 0 Å². The van der Waals surface area contributed by atoms with Crippen LogP contribution in [0.4, 0.5) is 11.8 Å². The van der Waals surface area contributed by atoms with Gasteiger partial charge in [0, 0.05) is 25.7 Å². The Labute approximate surface area is 131 Å². The van der Waals surface area contributed by atoms with Gasteiger partial charge in [-0.25, -0.2) is 0 Å². The van der Waals surface area contributed by atoms with E-state index in [2.05, 4.69) is 32.4 Å². The molecule has 1 aromatic heterocycles. The molecule has 0 spiro atoms. The second kappa shape index (κ2) is 7.40. The number of nitrogens with one attached hydrogen (secondary N) is 2. The lowest BCUT2D eigenvalue weighted by Crippen LogP contribution is -2.34. The zero-order chi connectivity index (χ0) is 15.2. The van der Waals surface area contributed by atoms with Gasteiger partial charge in [0.25, 0.3) is 0 Å². The minimum Gasteiger partial charge on any atom is -0.481 e. The zero-order valence-electron chi connectivity index (χ0n) is 12.8. The van der Waals surface area contributed by atoms with Gasteiger partial charge in [0.1, 0.15) is 5.82 Å². The van der Waals surface area contributed by atoms with Crippen LogP contribution in [0.2, 0.25) is 0 Å². The summed E-state index contributed by atoms with van der Waals surface area (Å²) in [5.41, 5.74) is 0. The first-order valence-electron chi connectivity index (χ1n) is 7.35. The molecule has 1 aromatic rings. The number of anilines is 2. The molecular formula is C14H23N5OS. The monoisotopic (exact) mass is 309 g/mol. The second-order valence-corrected chi connectivity index (χ2v) is 5.65. The molecular weight excluding hydrogens is 286 g/mol. The van der Waals surface area contributed by atoms with Crippen molar-refractivity contribution in [3.63, 3.8) is 0 Å². The number of nitrogens with zero attached hydrogens (tertiary/aromatic N) is 3. The van der Waals surface area contributed by atoms with E-state index in [1.54, 1.807) is 7.11 Å². The van der Waals surface area contributed by atoms with E-state index in [1.165, 1.54) is 12.8 Å². The van der Waals surface area contributed by atoms with Crippen LogP contribution in [0.5, 0.6) is 5.88 Å². The lowest BCUT2D eigenvalue weighted by atomic mass is 9.99. The van der Waals surface area contributed by atoms with Crippen LogP contribution in [0, 0.1) is 5.92 Å². The Kier molecular flexibility index (Phi) is 5.55. The first kappa shape index (κ1) is 15.8. The molecule has 2 rings (SSSR count). The largest absolute Gasteiger partial charge is 0.481 e. The Balaban J connectivity index is 2.15. The SMILES string of the molecule is CCNC(=S)Nc1nc(OC)cc(N2CCC(C)CC2)n1. The number of piperidine rings is 1. The first-order chi connectivity index (χ1) is 10.1. The van der Waals surface area contributed by atoms with Crippen molar-refractivity contribution in [1.29, 1.82) is 0 Å². The Bertz CT molecular complexity index is 488. The van der Waals surface area contributed by atoms with Gasteiger partial charge in [-0.05, 0) is 37.9 Å².